The Labute approximate surface area is 128 Å². The highest BCUT2D eigenvalue weighted by molar-refractivity contribution is 5.04. The van der Waals surface area contributed by atoms with Crippen molar-refractivity contribution in [3.05, 3.63) is 0 Å². The van der Waals surface area contributed by atoms with Gasteiger partial charge in [0, 0.05) is 32.2 Å². The van der Waals surface area contributed by atoms with Gasteiger partial charge >= 0.3 is 0 Å². The number of ether oxygens (including phenoxy) is 2. The van der Waals surface area contributed by atoms with E-state index < -0.39 is 0 Å². The second kappa shape index (κ2) is 7.09. The standard InChI is InChI=1S/C17H28N2O2/c18-13-17(6-1-2-7-17)14-19-8-3-16(4-9-19)21-12-15-5-10-20-11-15/h15-16H,1-12,14H2. The Kier molecular flexibility index (Phi) is 5.15. The Bertz CT molecular complexity index is 359. The summed E-state index contributed by atoms with van der Waals surface area (Å²) in [7, 11) is 0. The molecule has 3 aliphatic rings. The summed E-state index contributed by atoms with van der Waals surface area (Å²) in [5.74, 6) is 0.614. The number of hydrogen-bond donors (Lipinski definition) is 0. The fourth-order valence-electron chi connectivity index (χ4n) is 4.01. The number of piperidine rings is 1. The highest BCUT2D eigenvalue weighted by Crippen LogP contribution is 2.38. The summed E-state index contributed by atoms with van der Waals surface area (Å²) >= 11 is 0. The number of likely N-dealkylation sites (tertiary alicyclic amines) is 1. The van der Waals surface area contributed by atoms with Crippen LogP contribution in [0.15, 0.2) is 0 Å². The molecule has 0 spiro atoms. The van der Waals surface area contributed by atoms with Crippen molar-refractivity contribution in [2.45, 2.75) is 51.0 Å². The Morgan fingerprint density at radius 2 is 1.95 bits per heavy atom. The van der Waals surface area contributed by atoms with Gasteiger partial charge in [-0.2, -0.15) is 5.26 Å². The second-order valence-corrected chi connectivity index (χ2v) is 7.14. The van der Waals surface area contributed by atoms with Crippen molar-refractivity contribution in [1.82, 2.24) is 4.90 Å². The predicted octanol–water partition coefficient (Wildman–Crippen LogP) is 2.59. The molecule has 0 aromatic carbocycles. The van der Waals surface area contributed by atoms with Crippen LogP contribution in [0.3, 0.4) is 0 Å². The molecule has 1 unspecified atom stereocenters. The van der Waals surface area contributed by atoms with Gasteiger partial charge in [0.05, 0.1) is 30.8 Å². The molecule has 0 aromatic rings. The lowest BCUT2D eigenvalue weighted by Crippen LogP contribution is -2.42. The summed E-state index contributed by atoms with van der Waals surface area (Å²) in [6.07, 6.45) is 8.48. The van der Waals surface area contributed by atoms with Crippen LogP contribution in [0.5, 0.6) is 0 Å². The second-order valence-electron chi connectivity index (χ2n) is 7.14. The lowest BCUT2D eigenvalue weighted by molar-refractivity contribution is -0.0145. The normalized spacial score (nSPS) is 30.5. The zero-order valence-electron chi connectivity index (χ0n) is 13.1. The molecule has 0 aromatic heterocycles. The van der Waals surface area contributed by atoms with Gasteiger partial charge in [-0.15, -0.1) is 0 Å². The van der Waals surface area contributed by atoms with Crippen LogP contribution in [0.1, 0.15) is 44.9 Å². The molecule has 2 aliphatic heterocycles. The summed E-state index contributed by atoms with van der Waals surface area (Å²) in [5.41, 5.74) is -0.0467. The first-order valence-corrected chi connectivity index (χ1v) is 8.63. The van der Waals surface area contributed by atoms with Gasteiger partial charge in [0.2, 0.25) is 0 Å². The summed E-state index contributed by atoms with van der Waals surface area (Å²) in [5, 5.41) is 9.49. The SMILES string of the molecule is N#CC1(CN2CCC(OCC3CCOC3)CC2)CCCC1. The summed E-state index contributed by atoms with van der Waals surface area (Å²) in [6.45, 7) is 5.82. The molecule has 118 valence electrons. The number of hydrogen-bond acceptors (Lipinski definition) is 4. The molecule has 1 aliphatic carbocycles. The average Bonchev–Trinajstić information content (AvgIpc) is 3.18. The molecule has 4 nitrogen and oxygen atoms in total. The highest BCUT2D eigenvalue weighted by Gasteiger charge is 2.36. The average molecular weight is 292 g/mol. The maximum atomic E-state index is 9.49. The molecule has 0 radical (unpaired) electrons. The number of nitrogens with zero attached hydrogens (tertiary/aromatic N) is 2. The van der Waals surface area contributed by atoms with E-state index in [0.29, 0.717) is 12.0 Å². The Morgan fingerprint density at radius 1 is 1.19 bits per heavy atom. The van der Waals surface area contributed by atoms with E-state index in [1.54, 1.807) is 0 Å². The van der Waals surface area contributed by atoms with Crippen molar-refractivity contribution in [3.8, 4) is 6.07 Å². The summed E-state index contributed by atoms with van der Waals surface area (Å²) in [6, 6.07) is 2.61. The third kappa shape index (κ3) is 3.97. The van der Waals surface area contributed by atoms with E-state index >= 15 is 0 Å². The van der Waals surface area contributed by atoms with Crippen LogP contribution in [0.25, 0.3) is 0 Å². The van der Waals surface area contributed by atoms with Gasteiger partial charge in [0.25, 0.3) is 0 Å². The van der Waals surface area contributed by atoms with Gasteiger partial charge in [0.15, 0.2) is 0 Å². The topological polar surface area (TPSA) is 45.5 Å². The molecular formula is C17H28N2O2. The third-order valence-corrected chi connectivity index (χ3v) is 5.45. The van der Waals surface area contributed by atoms with Crippen LogP contribution in [0.2, 0.25) is 0 Å². The molecule has 1 saturated carbocycles. The molecular weight excluding hydrogens is 264 g/mol. The summed E-state index contributed by atoms with van der Waals surface area (Å²) < 4.78 is 11.5. The maximum Gasteiger partial charge on any atom is 0.0703 e. The molecule has 21 heavy (non-hydrogen) atoms. The Hall–Kier alpha value is -0.630. The van der Waals surface area contributed by atoms with Crippen LogP contribution in [0, 0.1) is 22.7 Å². The van der Waals surface area contributed by atoms with Crippen molar-refractivity contribution >= 4 is 0 Å². The third-order valence-electron chi connectivity index (χ3n) is 5.45. The lowest BCUT2D eigenvalue weighted by atomic mass is 9.87. The van der Waals surface area contributed by atoms with Crippen molar-refractivity contribution in [2.75, 3.05) is 39.5 Å². The predicted molar refractivity (Wildman–Crippen MR) is 80.9 cm³/mol. The van der Waals surface area contributed by atoms with Gasteiger partial charge in [0.1, 0.15) is 0 Å². The monoisotopic (exact) mass is 292 g/mol. The Balaban J connectivity index is 1.37. The molecule has 2 heterocycles. The van der Waals surface area contributed by atoms with E-state index in [2.05, 4.69) is 11.0 Å². The quantitative estimate of drug-likeness (QED) is 0.781. The number of nitriles is 1. The molecule has 4 heteroatoms. The van der Waals surface area contributed by atoms with Gasteiger partial charge in [-0.1, -0.05) is 12.8 Å². The minimum atomic E-state index is -0.0467. The Morgan fingerprint density at radius 3 is 2.57 bits per heavy atom. The van der Waals surface area contributed by atoms with E-state index in [9.17, 15) is 5.26 Å². The van der Waals surface area contributed by atoms with Gasteiger partial charge in [-0.25, -0.2) is 0 Å². The minimum Gasteiger partial charge on any atom is -0.381 e. The van der Waals surface area contributed by atoms with Crippen LogP contribution in [0.4, 0.5) is 0 Å². The molecule has 3 rings (SSSR count). The van der Waals surface area contributed by atoms with Gasteiger partial charge in [-0.3, -0.25) is 0 Å². The number of rotatable bonds is 5. The van der Waals surface area contributed by atoms with Gasteiger partial charge < -0.3 is 14.4 Å². The molecule has 1 atom stereocenters. The molecule has 3 fully saturated rings. The smallest absolute Gasteiger partial charge is 0.0703 e. The van der Waals surface area contributed by atoms with E-state index in [1.165, 1.54) is 12.8 Å². The van der Waals surface area contributed by atoms with Gasteiger partial charge in [-0.05, 0) is 32.1 Å². The summed E-state index contributed by atoms with van der Waals surface area (Å²) in [4.78, 5) is 2.49. The van der Waals surface area contributed by atoms with E-state index in [1.807, 2.05) is 0 Å². The lowest BCUT2D eigenvalue weighted by Gasteiger charge is -2.36. The van der Waals surface area contributed by atoms with Crippen molar-refractivity contribution < 1.29 is 9.47 Å². The van der Waals surface area contributed by atoms with Crippen LogP contribution >= 0.6 is 0 Å². The largest absolute Gasteiger partial charge is 0.381 e. The molecule has 0 bridgehead atoms. The molecule has 2 saturated heterocycles. The fraction of sp³-hybridized carbons (Fsp3) is 0.941. The molecule has 0 N–H and O–H groups in total. The first-order valence-electron chi connectivity index (χ1n) is 8.63. The van der Waals surface area contributed by atoms with E-state index in [4.69, 9.17) is 9.47 Å². The maximum absolute atomic E-state index is 9.49. The first kappa shape index (κ1) is 15.3. The fourth-order valence-corrected chi connectivity index (χ4v) is 4.01. The highest BCUT2D eigenvalue weighted by atomic mass is 16.5. The van der Waals surface area contributed by atoms with E-state index in [-0.39, 0.29) is 5.41 Å². The van der Waals surface area contributed by atoms with Crippen molar-refractivity contribution in [3.63, 3.8) is 0 Å². The zero-order valence-corrected chi connectivity index (χ0v) is 13.1. The van der Waals surface area contributed by atoms with Crippen LogP contribution in [-0.4, -0.2) is 50.5 Å². The first-order chi connectivity index (χ1) is 10.3. The van der Waals surface area contributed by atoms with Crippen LogP contribution < -0.4 is 0 Å². The zero-order chi connectivity index (χ0) is 14.5. The minimum absolute atomic E-state index is 0.0467. The van der Waals surface area contributed by atoms with E-state index in [0.717, 1.165) is 71.6 Å². The van der Waals surface area contributed by atoms with Crippen molar-refractivity contribution in [2.24, 2.45) is 11.3 Å². The van der Waals surface area contributed by atoms with Crippen LogP contribution in [-0.2, 0) is 9.47 Å². The van der Waals surface area contributed by atoms with Crippen molar-refractivity contribution in [1.29, 1.82) is 5.26 Å². The molecule has 0 amide bonds.